The molecule has 2 atom stereocenters. The number of aryl methyl sites for hydroxylation is 2. The van der Waals surface area contributed by atoms with Crippen LogP contribution < -0.4 is 25.8 Å². The van der Waals surface area contributed by atoms with Gasteiger partial charge >= 0.3 is 0 Å². The lowest BCUT2D eigenvalue weighted by atomic mass is 9.99. The molecule has 0 saturated carbocycles. The number of hydrogen-bond acceptors (Lipinski definition) is 14. The number of imidazole rings is 1. The fraction of sp³-hybridized carbons (Fsp3) is 0.465. The maximum absolute atomic E-state index is 9.89. The maximum atomic E-state index is 9.89. The van der Waals surface area contributed by atoms with Gasteiger partial charge in [0.05, 0.1) is 29.8 Å². The van der Waals surface area contributed by atoms with Crippen LogP contribution in [-0.2, 0) is 33.1 Å². The first-order valence-electron chi connectivity index (χ1n) is 21.4. The van der Waals surface area contributed by atoms with E-state index in [1.165, 1.54) is 6.42 Å². The number of hydrogen-bond donors (Lipinski definition) is 5. The highest BCUT2D eigenvalue weighted by atomic mass is 16.3. The zero-order valence-corrected chi connectivity index (χ0v) is 34.5. The van der Waals surface area contributed by atoms with E-state index in [2.05, 4.69) is 83.1 Å². The van der Waals surface area contributed by atoms with Crippen LogP contribution in [0.2, 0.25) is 0 Å². The number of anilines is 5. The van der Waals surface area contributed by atoms with Gasteiger partial charge in [-0.1, -0.05) is 13.0 Å². The largest absolute Gasteiger partial charge is 0.396 e. The van der Waals surface area contributed by atoms with Crippen LogP contribution in [0.25, 0.3) is 22.3 Å². The summed E-state index contributed by atoms with van der Waals surface area (Å²) in [4.78, 5) is 28.8. The van der Waals surface area contributed by atoms with Crippen molar-refractivity contribution in [3.05, 3.63) is 83.7 Å². The van der Waals surface area contributed by atoms with E-state index in [0.29, 0.717) is 32.0 Å². The van der Waals surface area contributed by atoms with Crippen molar-refractivity contribution >= 4 is 51.5 Å². The van der Waals surface area contributed by atoms with Crippen molar-refractivity contribution in [1.29, 1.82) is 0 Å². The third-order valence-corrected chi connectivity index (χ3v) is 12.1. The van der Waals surface area contributed by atoms with Crippen molar-refractivity contribution in [2.75, 3.05) is 52.1 Å². The first-order chi connectivity index (χ1) is 29.5. The molecule has 2 fully saturated rings. The van der Waals surface area contributed by atoms with Crippen LogP contribution in [0.1, 0.15) is 80.5 Å². The van der Waals surface area contributed by atoms with Crippen LogP contribution in [0.15, 0.2) is 61.4 Å². The van der Waals surface area contributed by atoms with Crippen molar-refractivity contribution in [3.63, 3.8) is 0 Å². The Morgan fingerprint density at radius 2 is 1.27 bits per heavy atom. The number of aliphatic hydroxyl groups is 2. The summed E-state index contributed by atoms with van der Waals surface area (Å²) >= 11 is 0. The molecule has 8 heterocycles. The molecule has 0 amide bonds. The van der Waals surface area contributed by atoms with Crippen LogP contribution in [0, 0.1) is 0 Å². The fourth-order valence-corrected chi connectivity index (χ4v) is 8.80. The number of rotatable bonds is 16. The molecule has 17 heteroatoms. The topological polar surface area (TPSA) is 187 Å². The smallest absolute Gasteiger partial charge is 0.222 e. The summed E-state index contributed by atoms with van der Waals surface area (Å²) in [7, 11) is 2.00. The van der Waals surface area contributed by atoms with Crippen molar-refractivity contribution in [2.24, 2.45) is 7.05 Å². The molecule has 2 saturated heterocycles. The molecular weight excluding hydrogens is 759 g/mol. The minimum atomic E-state index is 0.144. The summed E-state index contributed by atoms with van der Waals surface area (Å²) < 4.78 is 5.76. The Labute approximate surface area is 348 Å². The van der Waals surface area contributed by atoms with Gasteiger partial charge in [0.25, 0.3) is 0 Å². The highest BCUT2D eigenvalue weighted by molar-refractivity contribution is 5.76. The molecule has 2 aliphatic rings. The van der Waals surface area contributed by atoms with E-state index >= 15 is 0 Å². The molecule has 0 bridgehead atoms. The van der Waals surface area contributed by atoms with E-state index in [9.17, 15) is 10.2 Å². The average molecular weight is 814 g/mol. The van der Waals surface area contributed by atoms with Crippen molar-refractivity contribution < 1.29 is 10.2 Å². The average Bonchev–Trinajstić information content (AvgIpc) is 4.01. The lowest BCUT2D eigenvalue weighted by molar-refractivity contribution is 0.262. The minimum Gasteiger partial charge on any atom is -0.396 e. The Hall–Kier alpha value is -6.07. The Morgan fingerprint density at radius 3 is 1.88 bits per heavy atom. The van der Waals surface area contributed by atoms with Gasteiger partial charge < -0.3 is 40.5 Å². The van der Waals surface area contributed by atoms with Gasteiger partial charge in [0.1, 0.15) is 23.3 Å². The number of nitrogens with one attached hydrogen (secondary N) is 3. The third kappa shape index (κ3) is 8.10. The lowest BCUT2D eigenvalue weighted by Crippen LogP contribution is -2.40. The number of fused-ring (bicyclic) bond motifs is 3. The van der Waals surface area contributed by atoms with E-state index < -0.39 is 0 Å². The summed E-state index contributed by atoms with van der Waals surface area (Å²) in [5.74, 6) is 3.98. The second kappa shape index (κ2) is 17.6. The van der Waals surface area contributed by atoms with Gasteiger partial charge in [0.15, 0.2) is 11.3 Å². The van der Waals surface area contributed by atoms with Crippen LogP contribution >= 0.6 is 0 Å². The number of piperidine rings is 2. The van der Waals surface area contributed by atoms with E-state index in [0.717, 1.165) is 126 Å². The van der Waals surface area contributed by atoms with E-state index in [-0.39, 0.29) is 25.3 Å². The molecule has 314 valence electrons. The summed E-state index contributed by atoms with van der Waals surface area (Å²) in [5.41, 5.74) is 7.69. The Bertz CT molecular complexity index is 2540. The van der Waals surface area contributed by atoms with Crippen molar-refractivity contribution in [2.45, 2.75) is 96.4 Å². The second-order valence-electron chi connectivity index (χ2n) is 16.0. The molecule has 9 rings (SSSR count). The molecule has 0 unspecified atom stereocenters. The van der Waals surface area contributed by atoms with Crippen LogP contribution in [0.4, 0.5) is 29.2 Å². The van der Waals surface area contributed by atoms with Gasteiger partial charge in [-0.3, -0.25) is 0 Å². The van der Waals surface area contributed by atoms with Crippen LogP contribution in [-0.4, -0.2) is 97.3 Å². The van der Waals surface area contributed by atoms with Gasteiger partial charge in [-0.05, 0) is 75.5 Å². The predicted octanol–water partition coefficient (Wildman–Crippen LogP) is 5.33. The number of benzene rings is 1. The predicted molar refractivity (Wildman–Crippen MR) is 233 cm³/mol. The summed E-state index contributed by atoms with van der Waals surface area (Å²) in [5, 5.41) is 39.7. The number of aliphatic hydroxyl groups excluding tert-OH is 2. The Morgan fingerprint density at radius 1 is 0.667 bits per heavy atom. The van der Waals surface area contributed by atoms with Gasteiger partial charge in [-0.15, -0.1) is 0 Å². The first kappa shape index (κ1) is 39.4. The standard InChI is InChI=1S/C43H55N15O2/c1-3-31-26-50-57-38(20-39(52-41(31)57)55-14-6-4-8-33(55)12-16-59)45-22-30-23-46-43(47-24-30)48-25-32-27-51-58-37(44-21-29-10-11-36-35(18-29)49-28-54(36)2)19-40(53-42(32)58)56-15-7-5-9-34(56)13-17-60/h10-11,18-20,23-24,26-28,33-34,44-45,59-60H,3-9,12-17,21-22,25H2,1-2H3,(H,46,47,48)/t33-,34-/m0/s1. The molecule has 0 aliphatic carbocycles. The maximum Gasteiger partial charge on any atom is 0.222 e. The first-order valence-corrected chi connectivity index (χ1v) is 21.4. The zero-order chi connectivity index (χ0) is 41.0. The molecule has 17 nitrogen and oxygen atoms in total. The Kier molecular flexibility index (Phi) is 11.6. The minimum absolute atomic E-state index is 0.144. The molecule has 1 aromatic carbocycles. The highest BCUT2D eigenvalue weighted by Gasteiger charge is 2.27. The van der Waals surface area contributed by atoms with Gasteiger partial charge in [-0.2, -0.15) is 19.2 Å². The quantitative estimate of drug-likeness (QED) is 0.0843. The number of aromatic nitrogens is 10. The molecule has 60 heavy (non-hydrogen) atoms. The fourth-order valence-electron chi connectivity index (χ4n) is 8.80. The summed E-state index contributed by atoms with van der Waals surface area (Å²) in [6, 6.07) is 11.0. The summed E-state index contributed by atoms with van der Waals surface area (Å²) in [6.45, 7) is 5.76. The van der Waals surface area contributed by atoms with Crippen LogP contribution in [0.5, 0.6) is 0 Å². The number of nitrogens with zero attached hydrogens (tertiary/aromatic N) is 12. The summed E-state index contributed by atoms with van der Waals surface area (Å²) in [6.07, 6.45) is 18.1. The van der Waals surface area contributed by atoms with E-state index in [4.69, 9.17) is 15.1 Å². The monoisotopic (exact) mass is 813 g/mol. The third-order valence-electron chi connectivity index (χ3n) is 12.1. The highest BCUT2D eigenvalue weighted by Crippen LogP contribution is 2.31. The Balaban J connectivity index is 0.918. The molecular formula is C43H55N15O2. The molecule has 0 radical (unpaired) electrons. The normalized spacial score (nSPS) is 17.3. The van der Waals surface area contributed by atoms with Gasteiger partial charge in [0.2, 0.25) is 5.95 Å². The molecule has 7 aromatic rings. The molecule has 2 aliphatic heterocycles. The zero-order valence-electron chi connectivity index (χ0n) is 34.5. The SMILES string of the molecule is CCc1cnn2c(NCc3cnc(NCc4cnn5c(NCc6ccc7c(c6)ncn7C)cc(N6CCCC[C@H]6CCO)nc45)nc3)cc(N3CCCC[C@H]3CCO)nc12. The van der Waals surface area contributed by atoms with E-state index in [1.807, 2.05) is 51.8 Å². The van der Waals surface area contributed by atoms with Crippen molar-refractivity contribution in [3.8, 4) is 0 Å². The van der Waals surface area contributed by atoms with Gasteiger partial charge in [0, 0.05) is 106 Å². The van der Waals surface area contributed by atoms with E-state index in [1.54, 1.807) is 0 Å². The molecule has 5 N–H and O–H groups in total. The second-order valence-corrected chi connectivity index (χ2v) is 16.0. The van der Waals surface area contributed by atoms with Gasteiger partial charge in [-0.25, -0.2) is 24.9 Å². The molecule has 0 spiro atoms. The lowest BCUT2D eigenvalue weighted by Gasteiger charge is -2.36. The molecule has 6 aromatic heterocycles. The van der Waals surface area contributed by atoms with Crippen molar-refractivity contribution in [1.82, 2.24) is 48.7 Å². The van der Waals surface area contributed by atoms with Crippen LogP contribution in [0.3, 0.4) is 0 Å².